The van der Waals surface area contributed by atoms with Crippen LogP contribution in [0.5, 0.6) is 0 Å². The number of imide groups is 2. The average Bonchev–Trinajstić information content (AvgIpc) is 3.74. The number of carbonyl (C=O) groups excluding carboxylic acids is 4. The molecule has 6 nitrogen and oxygen atoms in total. The van der Waals surface area contributed by atoms with Crippen molar-refractivity contribution in [3.8, 4) is 0 Å². The van der Waals surface area contributed by atoms with Crippen LogP contribution in [0.15, 0.2) is 76.6 Å². The Kier molecular flexibility index (Phi) is 6.90. The zero-order chi connectivity index (χ0) is 30.3. The summed E-state index contributed by atoms with van der Waals surface area (Å²) in [5, 5.41) is 3.86. The summed E-state index contributed by atoms with van der Waals surface area (Å²) < 4.78 is 2.41. The summed E-state index contributed by atoms with van der Waals surface area (Å²) in [6.07, 6.45) is 3.46. The van der Waals surface area contributed by atoms with Crippen molar-refractivity contribution < 1.29 is 19.2 Å². The molecule has 0 N–H and O–H groups in total. The van der Waals surface area contributed by atoms with Crippen LogP contribution in [0.4, 0.5) is 0 Å². The molecule has 0 atom stereocenters. The fraction of sp³-hybridized carbons (Fsp3) is 0.235. The highest BCUT2D eigenvalue weighted by atomic mass is 32.2. The first-order valence-electron chi connectivity index (χ1n) is 14.8. The first-order chi connectivity index (χ1) is 21.3. The molecule has 220 valence electrons. The molecule has 0 saturated carbocycles. The largest absolute Gasteiger partial charge is 0.274 e. The Morgan fingerprint density at radius 3 is 0.977 bits per heavy atom. The molecular formula is C34H26N2O4S4. The minimum Gasteiger partial charge on any atom is -0.274 e. The summed E-state index contributed by atoms with van der Waals surface area (Å²) in [4.78, 5) is 59.4. The maximum Gasteiger partial charge on any atom is 0.261 e. The van der Waals surface area contributed by atoms with Gasteiger partial charge in [0.25, 0.3) is 23.6 Å². The van der Waals surface area contributed by atoms with Crippen molar-refractivity contribution in [2.75, 3.05) is 13.1 Å². The highest BCUT2D eigenvalue weighted by molar-refractivity contribution is 8.30. The van der Waals surface area contributed by atoms with Crippen LogP contribution in [0.2, 0.25) is 0 Å². The Morgan fingerprint density at radius 2 is 0.727 bits per heavy atom. The monoisotopic (exact) mass is 654 g/mol. The quantitative estimate of drug-likeness (QED) is 0.191. The van der Waals surface area contributed by atoms with Crippen LogP contribution < -0.4 is 0 Å². The van der Waals surface area contributed by atoms with Crippen molar-refractivity contribution in [1.82, 2.24) is 9.80 Å². The summed E-state index contributed by atoms with van der Waals surface area (Å²) >= 11 is 6.95. The van der Waals surface area contributed by atoms with E-state index in [2.05, 4.69) is 38.1 Å². The van der Waals surface area contributed by atoms with Gasteiger partial charge in [0.2, 0.25) is 0 Å². The molecule has 4 aromatic rings. The van der Waals surface area contributed by atoms with Gasteiger partial charge in [0.15, 0.2) is 0 Å². The second-order valence-corrected chi connectivity index (χ2v) is 16.0. The summed E-state index contributed by atoms with van der Waals surface area (Å²) in [7, 11) is 0. The molecule has 0 radical (unpaired) electrons. The third-order valence-electron chi connectivity index (χ3n) is 8.43. The number of nitrogens with zero attached hydrogens (tertiary/aromatic N) is 2. The van der Waals surface area contributed by atoms with Gasteiger partial charge >= 0.3 is 0 Å². The van der Waals surface area contributed by atoms with Crippen LogP contribution in [0, 0.1) is 0 Å². The number of unbranched alkanes of at least 4 members (excludes halogenated alkanes) is 2. The van der Waals surface area contributed by atoms with Crippen molar-refractivity contribution in [3.63, 3.8) is 0 Å². The Labute approximate surface area is 271 Å². The summed E-state index contributed by atoms with van der Waals surface area (Å²) in [5.41, 5.74) is 2.00. The van der Waals surface area contributed by atoms with Crippen LogP contribution in [0.3, 0.4) is 0 Å². The van der Waals surface area contributed by atoms with E-state index in [0.717, 1.165) is 66.8 Å². The Bertz CT molecular complexity index is 1770. The Hall–Kier alpha value is -3.18. The smallest absolute Gasteiger partial charge is 0.261 e. The fourth-order valence-corrected chi connectivity index (χ4v) is 11.5. The minimum absolute atomic E-state index is 0.192. The lowest BCUT2D eigenvalue weighted by molar-refractivity contribution is 0.0636. The molecule has 8 rings (SSSR count). The lowest BCUT2D eigenvalue weighted by atomic mass is 10.0. The summed E-state index contributed by atoms with van der Waals surface area (Å²) in [6.45, 7) is 5.02. The Morgan fingerprint density at radius 1 is 0.455 bits per heavy atom. The van der Waals surface area contributed by atoms with Crippen molar-refractivity contribution in [3.05, 3.63) is 79.3 Å². The minimum atomic E-state index is -0.192. The van der Waals surface area contributed by atoms with E-state index in [1.54, 1.807) is 47.0 Å². The molecule has 4 amide bonds. The number of amides is 4. The third-order valence-corrected chi connectivity index (χ3v) is 14.0. The number of rotatable bonds is 6. The second-order valence-electron chi connectivity index (χ2n) is 11.3. The number of thioether (sulfide) groups is 4. The van der Waals surface area contributed by atoms with Crippen LogP contribution >= 0.6 is 47.0 Å². The molecular weight excluding hydrogens is 629 g/mol. The number of hydrogen-bond donors (Lipinski definition) is 0. The number of benzene rings is 4. The highest BCUT2D eigenvalue weighted by Gasteiger charge is 2.37. The van der Waals surface area contributed by atoms with Crippen LogP contribution in [-0.2, 0) is 0 Å². The van der Waals surface area contributed by atoms with Gasteiger partial charge in [-0.05, 0) is 82.9 Å². The molecule has 0 fully saturated rings. The molecule has 4 aliphatic rings. The predicted molar refractivity (Wildman–Crippen MR) is 179 cm³/mol. The number of hydrogen-bond acceptors (Lipinski definition) is 8. The molecule has 0 unspecified atom stereocenters. The van der Waals surface area contributed by atoms with E-state index in [1.807, 2.05) is 24.3 Å². The van der Waals surface area contributed by atoms with Gasteiger partial charge in [-0.2, -0.15) is 0 Å². The molecule has 10 heteroatoms. The molecule has 0 aliphatic carbocycles. The van der Waals surface area contributed by atoms with Gasteiger partial charge in [0, 0.05) is 32.7 Å². The third kappa shape index (κ3) is 4.36. The standard InChI is InChI=1S/C34H26N2O4S4/c1-3-5-7-35-29(37)21-9-17-13-25-26(14-18(17)10-22(21)30(35)38)42-33(41-25)34-43-27-15-19-11-23-24(12-20(19)16-28(27)44-34)32(40)36(31(23)39)8-6-4-2/h9-16H,3-8H2,1-2H3. The van der Waals surface area contributed by atoms with Gasteiger partial charge in [-0.25, -0.2) is 0 Å². The summed E-state index contributed by atoms with van der Waals surface area (Å²) in [5.74, 6) is -0.769. The van der Waals surface area contributed by atoms with Crippen molar-refractivity contribution in [2.24, 2.45) is 0 Å². The van der Waals surface area contributed by atoms with Gasteiger partial charge in [0.1, 0.15) is 0 Å². The number of carbonyl (C=O) groups is 4. The predicted octanol–water partition coefficient (Wildman–Crippen LogP) is 9.01. The van der Waals surface area contributed by atoms with Crippen LogP contribution in [0.25, 0.3) is 21.5 Å². The molecule has 4 aliphatic heterocycles. The fourth-order valence-electron chi connectivity index (χ4n) is 6.06. The average molecular weight is 655 g/mol. The molecule has 0 bridgehead atoms. The van der Waals surface area contributed by atoms with E-state index in [4.69, 9.17) is 0 Å². The summed E-state index contributed by atoms with van der Waals surface area (Å²) in [6, 6.07) is 16.0. The van der Waals surface area contributed by atoms with Gasteiger partial charge < -0.3 is 0 Å². The molecule has 4 aromatic carbocycles. The van der Waals surface area contributed by atoms with E-state index < -0.39 is 0 Å². The molecule has 4 heterocycles. The first kappa shape index (κ1) is 28.3. The highest BCUT2D eigenvalue weighted by Crippen LogP contribution is 2.62. The van der Waals surface area contributed by atoms with Gasteiger partial charge in [-0.3, -0.25) is 29.0 Å². The van der Waals surface area contributed by atoms with E-state index in [0.29, 0.717) is 35.3 Å². The van der Waals surface area contributed by atoms with Crippen molar-refractivity contribution >= 4 is 92.2 Å². The second kappa shape index (κ2) is 10.7. The maximum absolute atomic E-state index is 13.0. The lowest BCUT2D eigenvalue weighted by Crippen LogP contribution is -2.30. The molecule has 0 saturated heterocycles. The Balaban J connectivity index is 1.07. The molecule has 0 aromatic heterocycles. The lowest BCUT2D eigenvalue weighted by Gasteiger charge is -2.12. The van der Waals surface area contributed by atoms with Crippen molar-refractivity contribution in [2.45, 2.75) is 59.1 Å². The van der Waals surface area contributed by atoms with Gasteiger partial charge in [-0.1, -0.05) is 73.7 Å². The zero-order valence-corrected chi connectivity index (χ0v) is 27.3. The van der Waals surface area contributed by atoms with Crippen LogP contribution in [-0.4, -0.2) is 46.5 Å². The number of fused-ring (bicyclic) bond motifs is 6. The SMILES string of the molecule is CCCCN1C(=O)c2cc3cc4c(cc3cc2C1=O)SC(=C1Sc2cc3cc5c(cc3cc2S1)C(=O)N(CCCC)C5=O)S4. The van der Waals surface area contributed by atoms with Gasteiger partial charge in [-0.15, -0.1) is 0 Å². The molecule has 0 spiro atoms. The van der Waals surface area contributed by atoms with E-state index in [-0.39, 0.29) is 23.6 Å². The molecule has 44 heavy (non-hydrogen) atoms. The van der Waals surface area contributed by atoms with E-state index in [1.165, 1.54) is 18.3 Å². The first-order valence-corrected chi connectivity index (χ1v) is 18.0. The van der Waals surface area contributed by atoms with Crippen LogP contribution in [0.1, 0.15) is 81.0 Å². The van der Waals surface area contributed by atoms with Gasteiger partial charge in [0.05, 0.1) is 30.7 Å². The topological polar surface area (TPSA) is 74.8 Å². The maximum atomic E-state index is 13.0. The zero-order valence-electron chi connectivity index (χ0n) is 24.0. The normalized spacial score (nSPS) is 17.0. The van der Waals surface area contributed by atoms with E-state index >= 15 is 0 Å². The van der Waals surface area contributed by atoms with E-state index in [9.17, 15) is 19.2 Å². The van der Waals surface area contributed by atoms with Crippen molar-refractivity contribution in [1.29, 1.82) is 0 Å².